The van der Waals surface area contributed by atoms with Gasteiger partial charge in [0.25, 0.3) is 5.91 Å². The number of aromatic nitrogens is 3. The lowest BCUT2D eigenvalue weighted by Crippen LogP contribution is -2.54. The average molecular weight is 464 g/mol. The largest absolute Gasteiger partial charge is 0.418 e. The molecule has 33 heavy (non-hydrogen) atoms. The Hall–Kier alpha value is -2.85. The van der Waals surface area contributed by atoms with Crippen LogP contribution in [0.15, 0.2) is 43.1 Å². The molecule has 178 valence electrons. The third-order valence-electron chi connectivity index (χ3n) is 6.55. The van der Waals surface area contributed by atoms with Crippen LogP contribution in [0.1, 0.15) is 49.4 Å². The number of carbonyl (C=O) groups is 1. The first-order chi connectivity index (χ1) is 15.7. The summed E-state index contributed by atoms with van der Waals surface area (Å²) in [5.74, 6) is -0.196. The number of imidazole rings is 1. The summed E-state index contributed by atoms with van der Waals surface area (Å²) in [6, 6.07) is 5.50. The second kappa shape index (κ2) is 9.18. The van der Waals surface area contributed by atoms with E-state index in [9.17, 15) is 23.1 Å². The van der Waals surface area contributed by atoms with Gasteiger partial charge < -0.3 is 25.3 Å². The van der Waals surface area contributed by atoms with Crippen LogP contribution in [-0.2, 0) is 0 Å². The first kappa shape index (κ1) is 23.3. The van der Waals surface area contributed by atoms with E-state index >= 15 is 0 Å². The Balaban J connectivity index is 1.37. The molecule has 1 aliphatic carbocycles. The summed E-state index contributed by atoms with van der Waals surface area (Å²) < 4.78 is 41.1. The Bertz CT molecular complexity index is 1090. The molecule has 0 aliphatic heterocycles. The zero-order valence-corrected chi connectivity index (χ0v) is 18.3. The third-order valence-corrected chi connectivity index (χ3v) is 6.55. The van der Waals surface area contributed by atoms with Crippen molar-refractivity contribution in [1.29, 1.82) is 0 Å². The first-order valence-corrected chi connectivity index (χ1v) is 11.1. The topological polar surface area (TPSA) is 95.0 Å². The van der Waals surface area contributed by atoms with Gasteiger partial charge in [0.2, 0.25) is 0 Å². The molecule has 0 spiro atoms. The number of H-pyrrole nitrogens is 1. The molecule has 1 aromatic carbocycles. The van der Waals surface area contributed by atoms with Crippen molar-refractivity contribution in [2.45, 2.75) is 62.9 Å². The Morgan fingerprint density at radius 3 is 2.61 bits per heavy atom. The second-order valence-electron chi connectivity index (χ2n) is 8.69. The van der Waals surface area contributed by atoms with Crippen LogP contribution in [0.25, 0.3) is 16.6 Å². The highest BCUT2D eigenvalue weighted by Crippen LogP contribution is 2.33. The summed E-state index contributed by atoms with van der Waals surface area (Å²) in [5.41, 5.74) is -0.622. The third kappa shape index (κ3) is 4.91. The quantitative estimate of drug-likeness (QED) is 0.430. The molecule has 1 unspecified atom stereocenters. The van der Waals surface area contributed by atoms with E-state index in [-0.39, 0.29) is 18.0 Å². The average Bonchev–Trinajstić information content (AvgIpc) is 3.48. The van der Waals surface area contributed by atoms with Gasteiger partial charge in [-0.2, -0.15) is 13.2 Å². The molecule has 1 saturated carbocycles. The zero-order valence-electron chi connectivity index (χ0n) is 18.3. The molecule has 1 fully saturated rings. The number of fused-ring (bicyclic) bond motifs is 1. The smallest absolute Gasteiger partial charge is 0.379 e. The number of rotatable bonds is 7. The van der Waals surface area contributed by atoms with Gasteiger partial charge in [0.1, 0.15) is 0 Å². The Kier molecular flexibility index (Phi) is 6.49. The molecule has 1 aliphatic rings. The maximum Gasteiger partial charge on any atom is 0.418 e. The number of carbonyl (C=O) groups excluding carboxylic acids is 1. The Morgan fingerprint density at radius 2 is 1.97 bits per heavy atom. The van der Waals surface area contributed by atoms with E-state index in [4.69, 9.17) is 0 Å². The van der Waals surface area contributed by atoms with E-state index in [0.717, 1.165) is 16.6 Å². The van der Waals surface area contributed by atoms with Crippen LogP contribution in [-0.4, -0.2) is 56.0 Å². The predicted molar refractivity (Wildman–Crippen MR) is 118 cm³/mol. The van der Waals surface area contributed by atoms with Gasteiger partial charge in [-0.3, -0.25) is 4.79 Å². The normalized spacial score (nSPS) is 21.1. The highest BCUT2D eigenvalue weighted by atomic mass is 19.4. The van der Waals surface area contributed by atoms with Gasteiger partial charge in [0, 0.05) is 48.3 Å². The molecular weight excluding hydrogens is 435 g/mol. The maximum absolute atomic E-state index is 13.1. The van der Waals surface area contributed by atoms with Crippen molar-refractivity contribution in [2.75, 3.05) is 6.54 Å². The molecule has 2 heterocycles. The summed E-state index contributed by atoms with van der Waals surface area (Å²) >= 11 is 0. The molecule has 1 atom stereocenters. The van der Waals surface area contributed by atoms with Crippen LogP contribution in [0.3, 0.4) is 0 Å². The summed E-state index contributed by atoms with van der Waals surface area (Å²) in [5, 5.41) is 16.7. The number of alkyl halides is 3. The molecule has 4 N–H and O–H groups in total. The number of nitrogens with zero attached hydrogens (tertiary/aromatic N) is 2. The molecule has 0 bridgehead atoms. The van der Waals surface area contributed by atoms with Gasteiger partial charge in [-0.05, 0) is 50.3 Å². The van der Waals surface area contributed by atoms with E-state index < -0.39 is 24.7 Å². The Morgan fingerprint density at radius 1 is 1.24 bits per heavy atom. The van der Waals surface area contributed by atoms with E-state index in [2.05, 4.69) is 20.6 Å². The minimum absolute atomic E-state index is 0.0647. The lowest BCUT2D eigenvalue weighted by Gasteiger charge is -2.34. The number of nitrogens with one attached hydrogen (secondary N) is 3. The first-order valence-electron chi connectivity index (χ1n) is 11.1. The minimum Gasteiger partial charge on any atom is -0.379 e. The van der Waals surface area contributed by atoms with Crippen LogP contribution in [0.5, 0.6) is 0 Å². The summed E-state index contributed by atoms with van der Waals surface area (Å²) in [4.78, 5) is 20.3. The fourth-order valence-electron chi connectivity index (χ4n) is 4.34. The van der Waals surface area contributed by atoms with E-state index in [1.807, 2.05) is 29.0 Å². The SMILES string of the molecule is CCC(O)(CN[C@H]1CC[C@H](NC(=O)c2cc(-n3ccnc3)cc3cc[nH]c23)CC1)C(F)(F)F. The van der Waals surface area contributed by atoms with Gasteiger partial charge in [-0.1, -0.05) is 6.92 Å². The van der Waals surface area contributed by atoms with Gasteiger partial charge in [0.05, 0.1) is 17.4 Å². The number of hydrogen-bond donors (Lipinski definition) is 4. The number of halogens is 3. The van der Waals surface area contributed by atoms with E-state index in [1.165, 1.54) is 6.92 Å². The molecule has 10 heteroatoms. The molecule has 4 rings (SSSR count). The molecule has 0 saturated heterocycles. The van der Waals surface area contributed by atoms with E-state index in [0.29, 0.717) is 31.2 Å². The van der Waals surface area contributed by atoms with Gasteiger partial charge in [-0.15, -0.1) is 0 Å². The molecule has 7 nitrogen and oxygen atoms in total. The molecule has 1 amide bonds. The molecule has 2 aromatic heterocycles. The number of amides is 1. The van der Waals surface area contributed by atoms with Crippen LogP contribution in [0, 0.1) is 0 Å². The van der Waals surface area contributed by atoms with Crippen LogP contribution in [0.2, 0.25) is 0 Å². The van der Waals surface area contributed by atoms with Crippen molar-refractivity contribution in [3.63, 3.8) is 0 Å². The number of aromatic amines is 1. The summed E-state index contributed by atoms with van der Waals surface area (Å²) in [6.07, 6.45) is 4.40. The highest BCUT2D eigenvalue weighted by Gasteiger charge is 2.52. The van der Waals surface area contributed by atoms with Crippen LogP contribution in [0.4, 0.5) is 13.2 Å². The lowest BCUT2D eigenvalue weighted by molar-refractivity contribution is -0.259. The highest BCUT2D eigenvalue weighted by molar-refractivity contribution is 6.06. The maximum atomic E-state index is 13.1. The molecule has 3 aromatic rings. The Labute approximate surface area is 189 Å². The fourth-order valence-corrected chi connectivity index (χ4v) is 4.34. The summed E-state index contributed by atoms with van der Waals surface area (Å²) in [7, 11) is 0. The van der Waals surface area contributed by atoms with Gasteiger partial charge in [0.15, 0.2) is 5.60 Å². The van der Waals surface area contributed by atoms with Crippen LogP contribution >= 0.6 is 0 Å². The minimum atomic E-state index is -4.67. The van der Waals surface area contributed by atoms with Crippen molar-refractivity contribution in [3.8, 4) is 5.69 Å². The van der Waals surface area contributed by atoms with Gasteiger partial charge >= 0.3 is 6.18 Å². The zero-order chi connectivity index (χ0) is 23.6. The van der Waals surface area contributed by atoms with Crippen molar-refractivity contribution in [2.24, 2.45) is 0 Å². The summed E-state index contributed by atoms with van der Waals surface area (Å²) in [6.45, 7) is 0.797. The van der Waals surface area contributed by atoms with Crippen molar-refractivity contribution >= 4 is 16.8 Å². The van der Waals surface area contributed by atoms with E-state index in [1.54, 1.807) is 18.7 Å². The monoisotopic (exact) mass is 463 g/mol. The fraction of sp³-hybridized carbons (Fsp3) is 0.478. The number of hydrogen-bond acceptors (Lipinski definition) is 4. The van der Waals surface area contributed by atoms with Gasteiger partial charge in [-0.25, -0.2) is 4.98 Å². The van der Waals surface area contributed by atoms with Crippen molar-refractivity contribution in [3.05, 3.63) is 48.7 Å². The molecule has 0 radical (unpaired) electrons. The second-order valence-corrected chi connectivity index (χ2v) is 8.69. The lowest BCUT2D eigenvalue weighted by atomic mass is 9.90. The molecular formula is C23H28F3N5O2. The predicted octanol–water partition coefficient (Wildman–Crippen LogP) is 3.69. The number of benzene rings is 1. The standard InChI is InChI=1S/C23H28F3N5O2/c1-2-22(33,23(24,25)26)13-29-16-3-5-17(6-4-16)30-21(32)19-12-18(31-10-9-27-14-31)11-15-7-8-28-20(15)19/h7-12,14,16-17,28-29,33H,2-6,13H2,1H3,(H,30,32)/t16-,17-,22?. The van der Waals surface area contributed by atoms with Crippen LogP contribution < -0.4 is 10.6 Å². The van der Waals surface area contributed by atoms with Crippen molar-refractivity contribution < 1.29 is 23.1 Å². The van der Waals surface area contributed by atoms with Crippen molar-refractivity contribution in [1.82, 2.24) is 25.2 Å². The number of aliphatic hydroxyl groups is 1.